The Labute approximate surface area is 114 Å². The Balaban J connectivity index is 2.83. The van der Waals surface area contributed by atoms with Crippen LogP contribution >= 0.6 is 15.9 Å². The van der Waals surface area contributed by atoms with Crippen molar-refractivity contribution in [1.29, 1.82) is 0 Å². The maximum absolute atomic E-state index is 13.3. The second-order valence-corrected chi connectivity index (χ2v) is 5.28. The first kappa shape index (κ1) is 14.9. The number of amidine groups is 1. The normalized spacial score (nSPS) is 12.4. The van der Waals surface area contributed by atoms with Crippen molar-refractivity contribution < 1.29 is 9.60 Å². The number of hydrogen-bond acceptors (Lipinski definition) is 3. The highest BCUT2D eigenvalue weighted by molar-refractivity contribution is 9.10. The van der Waals surface area contributed by atoms with Crippen molar-refractivity contribution in [2.24, 2.45) is 10.9 Å². The quantitative estimate of drug-likeness (QED) is 0.380. The third-order valence-electron chi connectivity index (χ3n) is 2.53. The second-order valence-electron chi connectivity index (χ2n) is 4.37. The zero-order valence-corrected chi connectivity index (χ0v) is 12.0. The van der Waals surface area contributed by atoms with Crippen LogP contribution < -0.4 is 5.73 Å². The largest absolute Gasteiger partial charge is 0.409 e. The molecule has 0 spiro atoms. The lowest BCUT2D eigenvalue weighted by Gasteiger charge is -2.25. The maximum Gasteiger partial charge on any atom is 0.153 e. The van der Waals surface area contributed by atoms with Crippen molar-refractivity contribution in [3.63, 3.8) is 0 Å². The van der Waals surface area contributed by atoms with Gasteiger partial charge in [-0.05, 0) is 37.6 Å². The molecule has 0 aliphatic rings. The SMILES string of the molecule is CC(C)N(CC(N)=NO)Cc1cc(F)cc(Br)c1. The molecule has 100 valence electrons. The first-order chi connectivity index (χ1) is 8.42. The van der Waals surface area contributed by atoms with E-state index >= 15 is 0 Å². The van der Waals surface area contributed by atoms with E-state index < -0.39 is 0 Å². The highest BCUT2D eigenvalue weighted by atomic mass is 79.9. The number of oxime groups is 1. The molecule has 1 aromatic rings. The molecule has 0 aliphatic heterocycles. The van der Waals surface area contributed by atoms with E-state index in [1.54, 1.807) is 0 Å². The van der Waals surface area contributed by atoms with E-state index in [4.69, 9.17) is 10.9 Å². The van der Waals surface area contributed by atoms with Crippen molar-refractivity contribution in [1.82, 2.24) is 4.90 Å². The fourth-order valence-corrected chi connectivity index (χ4v) is 2.11. The van der Waals surface area contributed by atoms with Crippen LogP contribution in [-0.4, -0.2) is 28.5 Å². The van der Waals surface area contributed by atoms with Gasteiger partial charge in [-0.15, -0.1) is 0 Å². The van der Waals surface area contributed by atoms with Crippen LogP contribution in [0.15, 0.2) is 27.8 Å². The van der Waals surface area contributed by atoms with Gasteiger partial charge >= 0.3 is 0 Å². The van der Waals surface area contributed by atoms with Gasteiger partial charge in [-0.1, -0.05) is 21.1 Å². The first-order valence-electron chi connectivity index (χ1n) is 5.57. The van der Waals surface area contributed by atoms with Crippen LogP contribution in [0.5, 0.6) is 0 Å². The zero-order valence-electron chi connectivity index (χ0n) is 10.4. The summed E-state index contributed by atoms with van der Waals surface area (Å²) in [5.41, 5.74) is 6.33. The fourth-order valence-electron chi connectivity index (χ4n) is 1.60. The molecule has 0 heterocycles. The van der Waals surface area contributed by atoms with E-state index in [1.165, 1.54) is 12.1 Å². The summed E-state index contributed by atoms with van der Waals surface area (Å²) in [5, 5.41) is 11.5. The smallest absolute Gasteiger partial charge is 0.153 e. The van der Waals surface area contributed by atoms with Crippen LogP contribution in [0.4, 0.5) is 4.39 Å². The number of halogens is 2. The molecular weight excluding hydrogens is 301 g/mol. The lowest BCUT2D eigenvalue weighted by atomic mass is 10.2. The Morgan fingerprint density at radius 1 is 1.50 bits per heavy atom. The molecule has 0 aliphatic carbocycles. The average Bonchev–Trinajstić information content (AvgIpc) is 2.26. The minimum Gasteiger partial charge on any atom is -0.409 e. The van der Waals surface area contributed by atoms with E-state index in [-0.39, 0.29) is 17.7 Å². The molecule has 0 aromatic heterocycles. The molecule has 0 radical (unpaired) electrons. The van der Waals surface area contributed by atoms with Gasteiger partial charge in [-0.25, -0.2) is 4.39 Å². The Hall–Kier alpha value is -1.14. The third-order valence-corrected chi connectivity index (χ3v) is 2.99. The Morgan fingerprint density at radius 3 is 2.67 bits per heavy atom. The third kappa shape index (κ3) is 4.62. The minimum atomic E-state index is -0.285. The number of nitrogens with zero attached hydrogens (tertiary/aromatic N) is 2. The Kier molecular flexibility index (Phi) is 5.55. The molecule has 0 amide bonds. The summed E-state index contributed by atoms with van der Waals surface area (Å²) in [7, 11) is 0. The summed E-state index contributed by atoms with van der Waals surface area (Å²) in [4.78, 5) is 1.98. The summed E-state index contributed by atoms with van der Waals surface area (Å²) in [5.74, 6) is -0.147. The van der Waals surface area contributed by atoms with E-state index in [0.29, 0.717) is 17.6 Å². The molecule has 3 N–H and O–H groups in total. The predicted molar refractivity (Wildman–Crippen MR) is 73.1 cm³/mol. The van der Waals surface area contributed by atoms with Gasteiger partial charge in [0.1, 0.15) is 5.82 Å². The summed E-state index contributed by atoms with van der Waals surface area (Å²) >= 11 is 3.26. The van der Waals surface area contributed by atoms with Gasteiger partial charge in [0.05, 0.1) is 6.54 Å². The summed E-state index contributed by atoms with van der Waals surface area (Å²) in [6.45, 7) is 4.87. The fraction of sp³-hybridized carbons (Fsp3) is 0.417. The van der Waals surface area contributed by atoms with Crippen molar-refractivity contribution in [3.8, 4) is 0 Å². The minimum absolute atomic E-state index is 0.138. The highest BCUT2D eigenvalue weighted by Crippen LogP contribution is 2.17. The second kappa shape index (κ2) is 6.70. The monoisotopic (exact) mass is 317 g/mol. The molecule has 0 saturated heterocycles. The average molecular weight is 318 g/mol. The molecule has 0 atom stereocenters. The molecule has 0 bridgehead atoms. The van der Waals surface area contributed by atoms with E-state index in [0.717, 1.165) is 5.56 Å². The van der Waals surface area contributed by atoms with Crippen molar-refractivity contribution in [2.75, 3.05) is 6.54 Å². The lowest BCUT2D eigenvalue weighted by Crippen LogP contribution is -2.38. The van der Waals surface area contributed by atoms with Gasteiger partial charge < -0.3 is 10.9 Å². The van der Waals surface area contributed by atoms with Crippen LogP contribution in [0, 0.1) is 5.82 Å². The molecule has 1 rings (SSSR count). The van der Waals surface area contributed by atoms with Gasteiger partial charge in [-0.3, -0.25) is 4.90 Å². The first-order valence-corrected chi connectivity index (χ1v) is 6.37. The van der Waals surface area contributed by atoms with Gasteiger partial charge in [0.25, 0.3) is 0 Å². The number of benzene rings is 1. The van der Waals surface area contributed by atoms with Crippen LogP contribution in [0.25, 0.3) is 0 Å². The molecule has 6 heteroatoms. The van der Waals surface area contributed by atoms with Gasteiger partial charge in [0, 0.05) is 17.1 Å². The molecule has 0 unspecified atom stereocenters. The van der Waals surface area contributed by atoms with E-state index in [2.05, 4.69) is 21.1 Å². The molecule has 1 aromatic carbocycles. The Bertz CT molecular complexity index is 417. The van der Waals surface area contributed by atoms with E-state index in [9.17, 15) is 4.39 Å². The molecule has 0 fully saturated rings. The summed E-state index contributed by atoms with van der Waals surface area (Å²) in [6.07, 6.45) is 0. The van der Waals surface area contributed by atoms with Crippen LogP contribution in [0.3, 0.4) is 0 Å². The maximum atomic E-state index is 13.3. The summed E-state index contributed by atoms with van der Waals surface area (Å²) in [6, 6.07) is 4.94. The van der Waals surface area contributed by atoms with Gasteiger partial charge in [0.2, 0.25) is 0 Å². The van der Waals surface area contributed by atoms with Crippen molar-refractivity contribution >= 4 is 21.8 Å². The Morgan fingerprint density at radius 2 is 2.17 bits per heavy atom. The number of rotatable bonds is 5. The molecule has 18 heavy (non-hydrogen) atoms. The summed E-state index contributed by atoms with van der Waals surface area (Å²) < 4.78 is 14.0. The topological polar surface area (TPSA) is 61.8 Å². The molecular formula is C12H17BrFN3O. The molecule has 4 nitrogen and oxygen atoms in total. The van der Waals surface area contributed by atoms with Crippen LogP contribution in [-0.2, 0) is 6.54 Å². The van der Waals surface area contributed by atoms with Gasteiger partial charge in [-0.2, -0.15) is 0 Å². The zero-order chi connectivity index (χ0) is 13.7. The van der Waals surface area contributed by atoms with Crippen molar-refractivity contribution in [3.05, 3.63) is 34.1 Å². The number of nitrogens with two attached hydrogens (primary N) is 1. The number of hydrogen-bond donors (Lipinski definition) is 2. The van der Waals surface area contributed by atoms with Crippen LogP contribution in [0.2, 0.25) is 0 Å². The van der Waals surface area contributed by atoms with Gasteiger partial charge in [0.15, 0.2) is 5.84 Å². The van der Waals surface area contributed by atoms with Crippen molar-refractivity contribution in [2.45, 2.75) is 26.4 Å². The van der Waals surface area contributed by atoms with Crippen LogP contribution in [0.1, 0.15) is 19.4 Å². The standard InChI is InChI=1S/C12H17BrFN3O/c1-8(2)17(7-12(15)16-18)6-9-3-10(13)5-11(14)4-9/h3-5,8,18H,6-7H2,1-2H3,(H2,15,16). The van der Waals surface area contributed by atoms with E-state index in [1.807, 2.05) is 24.8 Å². The predicted octanol–water partition coefficient (Wildman–Crippen LogP) is 2.55. The lowest BCUT2D eigenvalue weighted by molar-refractivity contribution is 0.238. The molecule has 0 saturated carbocycles. The highest BCUT2D eigenvalue weighted by Gasteiger charge is 2.13.